The molecule has 5 nitrogen and oxygen atoms in total. The van der Waals surface area contributed by atoms with Gasteiger partial charge in [-0.1, -0.05) is 43.2 Å². The second-order valence-corrected chi connectivity index (χ2v) is 5.33. The summed E-state index contributed by atoms with van der Waals surface area (Å²) in [6, 6.07) is 9.37. The highest BCUT2D eigenvalue weighted by atomic mass is 16.6. The molecule has 0 spiro atoms. The van der Waals surface area contributed by atoms with Crippen LogP contribution in [0.25, 0.3) is 0 Å². The van der Waals surface area contributed by atoms with Crippen LogP contribution >= 0.6 is 0 Å². The Morgan fingerprint density at radius 3 is 2.38 bits per heavy atom. The van der Waals surface area contributed by atoms with E-state index in [1.807, 2.05) is 30.3 Å². The Kier molecular flexibility index (Phi) is 4.83. The fourth-order valence-corrected chi connectivity index (χ4v) is 2.96. The van der Waals surface area contributed by atoms with Crippen LogP contribution in [0.5, 0.6) is 0 Å². The molecule has 5 heteroatoms. The van der Waals surface area contributed by atoms with Crippen molar-refractivity contribution >= 4 is 12.1 Å². The molecule has 1 aliphatic carbocycles. The van der Waals surface area contributed by atoms with Crippen LogP contribution in [0.2, 0.25) is 0 Å². The largest absolute Gasteiger partial charge is 0.479 e. The van der Waals surface area contributed by atoms with Gasteiger partial charge in [-0.25, -0.2) is 9.59 Å². The maximum Gasteiger partial charge on any atom is 0.411 e. The quantitative estimate of drug-likeness (QED) is 0.905. The normalized spacial score (nSPS) is 16.4. The lowest BCUT2D eigenvalue weighted by atomic mass is 9.95. The van der Waals surface area contributed by atoms with Crippen molar-refractivity contribution in [1.29, 1.82) is 0 Å². The molecule has 1 fully saturated rings. The van der Waals surface area contributed by atoms with Gasteiger partial charge in [-0.3, -0.25) is 4.90 Å². The van der Waals surface area contributed by atoms with E-state index in [1.165, 1.54) is 4.90 Å². The average Bonchev–Trinajstić information content (AvgIpc) is 2.98. The van der Waals surface area contributed by atoms with E-state index < -0.39 is 17.6 Å². The third kappa shape index (κ3) is 3.17. The number of rotatable bonds is 5. The molecule has 0 aromatic heterocycles. The Morgan fingerprint density at radius 1 is 1.24 bits per heavy atom. The molecule has 0 aliphatic heterocycles. The van der Waals surface area contributed by atoms with Crippen LogP contribution < -0.4 is 0 Å². The Bertz CT molecular complexity index is 494. The van der Waals surface area contributed by atoms with Gasteiger partial charge in [0.1, 0.15) is 12.1 Å². The van der Waals surface area contributed by atoms with E-state index in [1.54, 1.807) is 6.92 Å². The summed E-state index contributed by atoms with van der Waals surface area (Å²) in [6.45, 7) is 2.28. The highest BCUT2D eigenvalue weighted by Crippen LogP contribution is 2.36. The van der Waals surface area contributed by atoms with Crippen LogP contribution in [-0.4, -0.2) is 34.2 Å². The summed E-state index contributed by atoms with van der Waals surface area (Å²) < 4.78 is 5.29. The lowest BCUT2D eigenvalue weighted by Crippen LogP contribution is -2.55. The molecule has 0 radical (unpaired) electrons. The number of carbonyl (C=O) groups is 2. The molecule has 0 saturated heterocycles. The van der Waals surface area contributed by atoms with E-state index in [0.29, 0.717) is 19.4 Å². The van der Waals surface area contributed by atoms with Crippen LogP contribution in [0.1, 0.15) is 38.2 Å². The molecule has 21 heavy (non-hydrogen) atoms. The number of carboxylic acids is 1. The molecule has 1 amide bonds. The minimum Gasteiger partial charge on any atom is -0.479 e. The third-order valence-corrected chi connectivity index (χ3v) is 4.09. The maximum absolute atomic E-state index is 12.3. The molecular formula is C16H21NO4. The lowest BCUT2D eigenvalue weighted by Gasteiger charge is -2.36. The molecule has 114 valence electrons. The van der Waals surface area contributed by atoms with Gasteiger partial charge in [-0.2, -0.15) is 0 Å². The van der Waals surface area contributed by atoms with Crippen molar-refractivity contribution in [2.24, 2.45) is 0 Å². The number of hydrogen-bond acceptors (Lipinski definition) is 3. The van der Waals surface area contributed by atoms with E-state index in [0.717, 1.165) is 18.4 Å². The fraction of sp³-hybridized carbons (Fsp3) is 0.500. The molecule has 0 bridgehead atoms. The monoisotopic (exact) mass is 291 g/mol. The lowest BCUT2D eigenvalue weighted by molar-refractivity contribution is -0.150. The Hall–Kier alpha value is -2.04. The topological polar surface area (TPSA) is 66.8 Å². The van der Waals surface area contributed by atoms with Gasteiger partial charge in [0.15, 0.2) is 0 Å². The zero-order valence-corrected chi connectivity index (χ0v) is 12.2. The highest BCUT2D eigenvalue weighted by Gasteiger charge is 2.48. The molecule has 1 aromatic carbocycles. The van der Waals surface area contributed by atoms with Crippen LogP contribution in [0.15, 0.2) is 30.3 Å². The summed E-state index contributed by atoms with van der Waals surface area (Å²) in [4.78, 5) is 25.3. The molecule has 0 atom stereocenters. The number of aliphatic carboxylic acids is 1. The van der Waals surface area contributed by atoms with Crippen molar-refractivity contribution in [2.45, 2.75) is 44.8 Å². The zero-order chi connectivity index (χ0) is 15.3. The molecule has 1 saturated carbocycles. The molecule has 2 rings (SSSR count). The van der Waals surface area contributed by atoms with Crippen LogP contribution in [0.3, 0.4) is 0 Å². The van der Waals surface area contributed by atoms with Gasteiger partial charge in [0.05, 0.1) is 0 Å². The number of likely N-dealkylation sites (N-methyl/N-ethyl adjacent to an activating group) is 1. The van der Waals surface area contributed by atoms with Crippen molar-refractivity contribution in [1.82, 2.24) is 4.90 Å². The zero-order valence-electron chi connectivity index (χ0n) is 12.2. The molecule has 1 aliphatic rings. The molecular weight excluding hydrogens is 270 g/mol. The maximum atomic E-state index is 12.3. The van der Waals surface area contributed by atoms with Gasteiger partial charge in [0, 0.05) is 6.54 Å². The third-order valence-electron chi connectivity index (χ3n) is 4.09. The van der Waals surface area contributed by atoms with E-state index in [2.05, 4.69) is 0 Å². The summed E-state index contributed by atoms with van der Waals surface area (Å²) in [5.41, 5.74) is -0.208. The van der Waals surface area contributed by atoms with Crippen molar-refractivity contribution in [3.8, 4) is 0 Å². The van der Waals surface area contributed by atoms with Gasteiger partial charge >= 0.3 is 12.1 Å². The van der Waals surface area contributed by atoms with E-state index in [4.69, 9.17) is 4.74 Å². The van der Waals surface area contributed by atoms with Crippen molar-refractivity contribution in [3.63, 3.8) is 0 Å². The van der Waals surface area contributed by atoms with Crippen molar-refractivity contribution in [3.05, 3.63) is 35.9 Å². The number of carbonyl (C=O) groups excluding carboxylic acids is 1. The fourth-order valence-electron chi connectivity index (χ4n) is 2.96. The molecule has 0 unspecified atom stereocenters. The second kappa shape index (κ2) is 6.61. The summed E-state index contributed by atoms with van der Waals surface area (Å²) in [5.74, 6) is -0.932. The van der Waals surface area contributed by atoms with E-state index in [-0.39, 0.29) is 6.61 Å². The summed E-state index contributed by atoms with van der Waals surface area (Å²) >= 11 is 0. The molecule has 1 N–H and O–H groups in total. The SMILES string of the molecule is CCN(C(=O)OCc1ccccc1)C1(C(=O)O)CCCC1. The Morgan fingerprint density at radius 2 is 1.86 bits per heavy atom. The van der Waals surface area contributed by atoms with E-state index >= 15 is 0 Å². The molecule has 1 aromatic rings. The van der Waals surface area contributed by atoms with Crippen LogP contribution in [0.4, 0.5) is 4.79 Å². The van der Waals surface area contributed by atoms with E-state index in [9.17, 15) is 14.7 Å². The summed E-state index contributed by atoms with van der Waals surface area (Å²) in [7, 11) is 0. The first kappa shape index (κ1) is 15.4. The number of amides is 1. The number of hydrogen-bond donors (Lipinski definition) is 1. The number of ether oxygens (including phenoxy) is 1. The highest BCUT2D eigenvalue weighted by molar-refractivity contribution is 5.84. The number of nitrogens with zero attached hydrogens (tertiary/aromatic N) is 1. The van der Waals surface area contributed by atoms with Crippen LogP contribution in [-0.2, 0) is 16.1 Å². The van der Waals surface area contributed by atoms with Gasteiger partial charge in [0.2, 0.25) is 0 Å². The smallest absolute Gasteiger partial charge is 0.411 e. The minimum absolute atomic E-state index is 0.159. The average molecular weight is 291 g/mol. The predicted octanol–water partition coefficient (Wildman–Crippen LogP) is 3.04. The van der Waals surface area contributed by atoms with Gasteiger partial charge in [0.25, 0.3) is 0 Å². The predicted molar refractivity (Wildman–Crippen MR) is 77.8 cm³/mol. The number of benzene rings is 1. The Labute approximate surface area is 124 Å². The summed E-state index contributed by atoms with van der Waals surface area (Å²) in [6.07, 6.45) is 2.10. The van der Waals surface area contributed by atoms with Crippen LogP contribution in [0, 0.1) is 0 Å². The van der Waals surface area contributed by atoms with Gasteiger partial charge < -0.3 is 9.84 Å². The minimum atomic E-state index is -1.09. The second-order valence-electron chi connectivity index (χ2n) is 5.33. The first-order chi connectivity index (χ1) is 10.1. The van der Waals surface area contributed by atoms with Gasteiger partial charge in [-0.15, -0.1) is 0 Å². The molecule has 0 heterocycles. The first-order valence-corrected chi connectivity index (χ1v) is 7.32. The number of carboxylic acid groups (broad SMARTS) is 1. The van der Waals surface area contributed by atoms with Crippen molar-refractivity contribution < 1.29 is 19.4 Å². The summed E-state index contributed by atoms with van der Waals surface area (Å²) in [5, 5.41) is 9.55. The van der Waals surface area contributed by atoms with Crippen molar-refractivity contribution in [2.75, 3.05) is 6.54 Å². The standard InChI is InChI=1S/C16H21NO4/c1-2-17(16(14(18)19)10-6-7-11-16)15(20)21-12-13-8-4-3-5-9-13/h3-5,8-9H,2,6-7,10-12H2,1H3,(H,18,19). The first-order valence-electron chi connectivity index (χ1n) is 7.32. The Balaban J connectivity index is 2.06. The van der Waals surface area contributed by atoms with Gasteiger partial charge in [-0.05, 0) is 25.3 Å².